The predicted octanol–water partition coefficient (Wildman–Crippen LogP) is 2.61. The molecule has 0 saturated carbocycles. The van der Waals surface area contributed by atoms with Gasteiger partial charge in [-0.1, -0.05) is 13.8 Å². The predicted molar refractivity (Wildman–Crippen MR) is 120 cm³/mol. The summed E-state index contributed by atoms with van der Waals surface area (Å²) >= 11 is 0. The Bertz CT molecular complexity index is 1120. The van der Waals surface area contributed by atoms with Crippen molar-refractivity contribution in [2.75, 3.05) is 11.9 Å². The van der Waals surface area contributed by atoms with Crippen LogP contribution in [0, 0.1) is 5.92 Å². The third-order valence-electron chi connectivity index (χ3n) is 5.23. The van der Waals surface area contributed by atoms with E-state index in [0.29, 0.717) is 30.1 Å². The number of ether oxygens (including phenoxy) is 1. The topological polar surface area (TPSA) is 136 Å². The molecule has 0 radical (unpaired) electrons. The summed E-state index contributed by atoms with van der Waals surface area (Å²) in [4.78, 5) is 62.4. The van der Waals surface area contributed by atoms with E-state index in [4.69, 9.17) is 10.5 Å². The number of fused-ring (bicyclic) bond motifs is 1. The van der Waals surface area contributed by atoms with Crippen LogP contribution in [0.4, 0.5) is 5.69 Å². The van der Waals surface area contributed by atoms with Gasteiger partial charge in [0.15, 0.2) is 6.10 Å². The standard InChI is InChI=1S/C24H25N3O6/c1-13(2)10-11-27-22(30)18-9-6-16(12-19(18)23(27)31)24(32)33-14(3)21(29)26-17-7-4-15(5-8-17)20(25)28/h4-9,12-14H,10-11H2,1-3H3,(H2,25,28)(H,26,29)/t14-/m0/s1. The van der Waals surface area contributed by atoms with Gasteiger partial charge in [-0.25, -0.2) is 4.79 Å². The van der Waals surface area contributed by atoms with Crippen LogP contribution in [-0.4, -0.2) is 47.1 Å². The lowest BCUT2D eigenvalue weighted by Gasteiger charge is -2.14. The van der Waals surface area contributed by atoms with Gasteiger partial charge in [-0.15, -0.1) is 0 Å². The number of carbonyl (C=O) groups is 5. The van der Waals surface area contributed by atoms with Gasteiger partial charge >= 0.3 is 5.97 Å². The Hall–Kier alpha value is -4.01. The number of anilines is 1. The van der Waals surface area contributed by atoms with Crippen molar-refractivity contribution in [3.05, 3.63) is 64.7 Å². The van der Waals surface area contributed by atoms with E-state index in [1.165, 1.54) is 54.3 Å². The summed E-state index contributed by atoms with van der Waals surface area (Å²) in [5.74, 6) is -2.48. The van der Waals surface area contributed by atoms with E-state index in [1.807, 2.05) is 13.8 Å². The highest BCUT2D eigenvalue weighted by molar-refractivity contribution is 6.22. The molecular weight excluding hydrogens is 426 g/mol. The fraction of sp³-hybridized carbons (Fsp3) is 0.292. The molecule has 0 aromatic heterocycles. The van der Waals surface area contributed by atoms with Crippen LogP contribution in [0.25, 0.3) is 0 Å². The number of nitrogens with zero attached hydrogens (tertiary/aromatic N) is 1. The number of carbonyl (C=O) groups excluding carboxylic acids is 5. The number of nitrogens with one attached hydrogen (secondary N) is 1. The first-order valence-corrected chi connectivity index (χ1v) is 10.5. The second-order valence-corrected chi connectivity index (χ2v) is 8.18. The van der Waals surface area contributed by atoms with Gasteiger partial charge in [0.05, 0.1) is 16.7 Å². The number of primary amides is 1. The van der Waals surface area contributed by atoms with Crippen molar-refractivity contribution in [2.24, 2.45) is 11.7 Å². The van der Waals surface area contributed by atoms with E-state index < -0.39 is 29.8 Å². The summed E-state index contributed by atoms with van der Waals surface area (Å²) in [6.07, 6.45) is -0.459. The Labute approximate surface area is 190 Å². The fourth-order valence-corrected chi connectivity index (χ4v) is 3.25. The number of rotatable bonds is 8. The van der Waals surface area contributed by atoms with Crippen molar-refractivity contribution in [3.8, 4) is 0 Å². The average Bonchev–Trinajstić information content (AvgIpc) is 3.01. The maximum atomic E-state index is 12.7. The van der Waals surface area contributed by atoms with Gasteiger partial charge in [-0.2, -0.15) is 0 Å². The molecule has 9 heteroatoms. The third-order valence-corrected chi connectivity index (χ3v) is 5.23. The molecule has 33 heavy (non-hydrogen) atoms. The van der Waals surface area contributed by atoms with E-state index in [1.54, 1.807) is 0 Å². The van der Waals surface area contributed by atoms with Crippen LogP contribution in [0.1, 0.15) is 68.6 Å². The molecule has 1 aliphatic heterocycles. The lowest BCUT2D eigenvalue weighted by atomic mass is 10.1. The van der Waals surface area contributed by atoms with E-state index in [0.717, 1.165) is 0 Å². The summed E-state index contributed by atoms with van der Waals surface area (Å²) in [5, 5.41) is 2.57. The maximum absolute atomic E-state index is 12.7. The van der Waals surface area contributed by atoms with E-state index in [-0.39, 0.29) is 22.6 Å². The highest BCUT2D eigenvalue weighted by Gasteiger charge is 2.36. The monoisotopic (exact) mass is 451 g/mol. The first kappa shape index (κ1) is 23.6. The molecule has 3 N–H and O–H groups in total. The summed E-state index contributed by atoms with van der Waals surface area (Å²) < 4.78 is 5.23. The van der Waals surface area contributed by atoms with Crippen LogP contribution < -0.4 is 11.1 Å². The molecule has 3 rings (SSSR count). The van der Waals surface area contributed by atoms with Crippen LogP contribution >= 0.6 is 0 Å². The van der Waals surface area contributed by atoms with Crippen LogP contribution in [0.15, 0.2) is 42.5 Å². The minimum absolute atomic E-state index is 0.0612. The number of hydrogen-bond acceptors (Lipinski definition) is 6. The van der Waals surface area contributed by atoms with E-state index >= 15 is 0 Å². The molecule has 1 atom stereocenters. The van der Waals surface area contributed by atoms with Crippen LogP contribution in [-0.2, 0) is 9.53 Å². The lowest BCUT2D eigenvalue weighted by Crippen LogP contribution is -2.31. The molecule has 0 spiro atoms. The van der Waals surface area contributed by atoms with Crippen LogP contribution in [0.3, 0.4) is 0 Å². The zero-order chi connectivity index (χ0) is 24.3. The molecule has 0 unspecified atom stereocenters. The Morgan fingerprint density at radius 2 is 1.55 bits per heavy atom. The van der Waals surface area contributed by atoms with Gasteiger partial charge in [-0.3, -0.25) is 24.1 Å². The Morgan fingerprint density at radius 3 is 2.15 bits per heavy atom. The van der Waals surface area contributed by atoms with Gasteiger partial charge in [0.25, 0.3) is 17.7 Å². The molecular formula is C24H25N3O6. The average molecular weight is 451 g/mol. The first-order valence-electron chi connectivity index (χ1n) is 10.5. The van der Waals surface area contributed by atoms with Crippen molar-refractivity contribution in [1.29, 1.82) is 0 Å². The summed E-state index contributed by atoms with van der Waals surface area (Å²) in [5.41, 5.74) is 6.32. The smallest absolute Gasteiger partial charge is 0.338 e. The number of hydrogen-bond donors (Lipinski definition) is 2. The quantitative estimate of drug-likeness (QED) is 0.468. The van der Waals surface area contributed by atoms with E-state index in [2.05, 4.69) is 5.32 Å². The summed E-state index contributed by atoms with van der Waals surface area (Å²) in [7, 11) is 0. The van der Waals surface area contributed by atoms with Crippen molar-refractivity contribution < 1.29 is 28.7 Å². The van der Waals surface area contributed by atoms with Gasteiger partial charge in [0.2, 0.25) is 5.91 Å². The molecule has 172 valence electrons. The van der Waals surface area contributed by atoms with Crippen LogP contribution in [0.2, 0.25) is 0 Å². The molecule has 9 nitrogen and oxygen atoms in total. The Morgan fingerprint density at radius 1 is 0.939 bits per heavy atom. The molecule has 0 aliphatic carbocycles. The van der Waals surface area contributed by atoms with Crippen molar-refractivity contribution >= 4 is 35.3 Å². The Kier molecular flexibility index (Phi) is 6.91. The molecule has 0 fully saturated rings. The number of nitrogens with two attached hydrogens (primary N) is 1. The molecule has 1 aliphatic rings. The first-order chi connectivity index (χ1) is 15.6. The summed E-state index contributed by atoms with van der Waals surface area (Å²) in [6.45, 7) is 5.71. The third kappa shape index (κ3) is 5.25. The number of imide groups is 1. The zero-order valence-electron chi connectivity index (χ0n) is 18.6. The van der Waals surface area contributed by atoms with Gasteiger partial charge in [-0.05, 0) is 61.7 Å². The second-order valence-electron chi connectivity index (χ2n) is 8.18. The molecule has 2 aromatic carbocycles. The largest absolute Gasteiger partial charge is 0.449 e. The number of amides is 4. The number of benzene rings is 2. The molecule has 0 saturated heterocycles. The van der Waals surface area contributed by atoms with Gasteiger partial charge in [0, 0.05) is 17.8 Å². The summed E-state index contributed by atoms with van der Waals surface area (Å²) in [6, 6.07) is 10.1. The SMILES string of the molecule is CC(C)CCN1C(=O)c2ccc(C(=O)O[C@@H](C)C(=O)Nc3ccc(C(N)=O)cc3)cc2C1=O. The lowest BCUT2D eigenvalue weighted by molar-refractivity contribution is -0.123. The highest BCUT2D eigenvalue weighted by Crippen LogP contribution is 2.25. The normalized spacial score (nSPS) is 13.6. The zero-order valence-corrected chi connectivity index (χ0v) is 18.6. The van der Waals surface area contributed by atoms with Crippen LogP contribution in [0.5, 0.6) is 0 Å². The minimum Gasteiger partial charge on any atom is -0.449 e. The number of esters is 1. The molecule has 0 bridgehead atoms. The Balaban J connectivity index is 1.65. The van der Waals surface area contributed by atoms with Crippen molar-refractivity contribution in [2.45, 2.75) is 33.3 Å². The maximum Gasteiger partial charge on any atom is 0.338 e. The molecule has 1 heterocycles. The van der Waals surface area contributed by atoms with Crippen molar-refractivity contribution in [3.63, 3.8) is 0 Å². The second kappa shape index (κ2) is 9.64. The molecule has 4 amide bonds. The minimum atomic E-state index is -1.14. The van der Waals surface area contributed by atoms with E-state index in [9.17, 15) is 24.0 Å². The molecule has 2 aromatic rings. The van der Waals surface area contributed by atoms with Gasteiger partial charge < -0.3 is 15.8 Å². The van der Waals surface area contributed by atoms with Crippen molar-refractivity contribution in [1.82, 2.24) is 4.90 Å². The fourth-order valence-electron chi connectivity index (χ4n) is 3.25. The highest BCUT2D eigenvalue weighted by atomic mass is 16.5. The van der Waals surface area contributed by atoms with Gasteiger partial charge in [0.1, 0.15) is 0 Å².